The van der Waals surface area contributed by atoms with Gasteiger partial charge in [0.2, 0.25) is 5.91 Å². The van der Waals surface area contributed by atoms with E-state index in [9.17, 15) is 4.79 Å². The van der Waals surface area contributed by atoms with E-state index in [1.54, 1.807) is 17.1 Å². The van der Waals surface area contributed by atoms with Crippen LogP contribution in [-0.2, 0) is 11.2 Å². The molecule has 0 spiro atoms. The van der Waals surface area contributed by atoms with Crippen LogP contribution in [0.2, 0.25) is 0 Å². The molecule has 1 unspecified atom stereocenters. The molecule has 1 amide bonds. The lowest BCUT2D eigenvalue weighted by Crippen LogP contribution is -2.85. The average molecular weight is 570 g/mol. The molecule has 2 saturated carbocycles. The third kappa shape index (κ3) is 3.41. The summed E-state index contributed by atoms with van der Waals surface area (Å²) in [5.41, 5.74) is 12.5. The van der Waals surface area contributed by atoms with Gasteiger partial charge in [-0.15, -0.1) is 0 Å². The normalized spacial score (nSPS) is 26.6. The third-order valence-electron chi connectivity index (χ3n) is 10.4. The highest BCUT2D eigenvalue weighted by Crippen LogP contribution is 2.64. The Bertz CT molecular complexity index is 1940. The molecule has 11 rings (SSSR count). The van der Waals surface area contributed by atoms with Gasteiger partial charge in [-0.25, -0.2) is 19.6 Å². The molecular formula is C33H31N9O. The van der Waals surface area contributed by atoms with Crippen LogP contribution in [0.4, 0.5) is 5.82 Å². The molecule has 0 radical (unpaired) electrons. The van der Waals surface area contributed by atoms with E-state index in [0.29, 0.717) is 41.4 Å². The van der Waals surface area contributed by atoms with Crippen LogP contribution >= 0.6 is 0 Å². The fourth-order valence-corrected chi connectivity index (χ4v) is 8.34. The highest BCUT2D eigenvalue weighted by Gasteiger charge is 2.71. The number of nitrogens with zero attached hydrogens (tertiary/aromatic N) is 7. The summed E-state index contributed by atoms with van der Waals surface area (Å²) in [4.78, 5) is 28.7. The Morgan fingerprint density at radius 3 is 2.84 bits per heavy atom. The Kier molecular flexibility index (Phi) is 5.09. The molecule has 5 aromatic rings. The number of pyridine rings is 2. The molecule has 6 aliphatic rings. The van der Waals surface area contributed by atoms with Crippen molar-refractivity contribution in [2.24, 2.45) is 11.8 Å². The van der Waals surface area contributed by atoms with Gasteiger partial charge in [0.1, 0.15) is 11.3 Å². The maximum absolute atomic E-state index is 12.4. The van der Waals surface area contributed by atoms with Crippen molar-refractivity contribution in [2.45, 2.75) is 43.3 Å². The number of benzene rings is 1. The zero-order chi connectivity index (χ0) is 28.9. The van der Waals surface area contributed by atoms with Crippen LogP contribution in [0.15, 0.2) is 79.8 Å². The Morgan fingerprint density at radius 2 is 2.07 bits per heavy atom. The first-order chi connectivity index (χ1) is 21.0. The summed E-state index contributed by atoms with van der Waals surface area (Å²) in [6.45, 7) is 4.55. The van der Waals surface area contributed by atoms with Crippen molar-refractivity contribution in [3.05, 3.63) is 90.9 Å². The van der Waals surface area contributed by atoms with Gasteiger partial charge in [-0.2, -0.15) is 5.10 Å². The van der Waals surface area contributed by atoms with E-state index in [1.165, 1.54) is 23.6 Å². The topological polar surface area (TPSA) is 120 Å². The van der Waals surface area contributed by atoms with Crippen molar-refractivity contribution in [2.75, 3.05) is 12.3 Å². The van der Waals surface area contributed by atoms with E-state index in [-0.39, 0.29) is 11.4 Å². The molecule has 1 aromatic carbocycles. The maximum Gasteiger partial charge on any atom is 0.246 e. The zero-order valence-electron chi connectivity index (χ0n) is 23.6. The molecule has 3 saturated heterocycles. The monoisotopic (exact) mass is 569 g/mol. The minimum atomic E-state index is 0.0809. The summed E-state index contributed by atoms with van der Waals surface area (Å²) in [7, 11) is 0. The SMILES string of the molecule is C=CC(=O)N1C[C@@H]2C[C@H]3[C@H]1CC23N[C@H]1CCc2cc(-n3c(-c4cccnc4N)nc4ccc(-n5cccn5)nc43)ccc21. The van der Waals surface area contributed by atoms with Crippen molar-refractivity contribution in [1.82, 2.24) is 39.5 Å². The summed E-state index contributed by atoms with van der Waals surface area (Å²) >= 11 is 0. The van der Waals surface area contributed by atoms with Crippen LogP contribution in [-0.4, -0.2) is 58.2 Å². The highest BCUT2D eigenvalue weighted by molar-refractivity contribution is 5.88. The van der Waals surface area contributed by atoms with Gasteiger partial charge in [-0.05, 0) is 97.2 Å². The number of aryl methyl sites for hydroxylation is 1. The average Bonchev–Trinajstić information content (AvgIpc) is 3.79. The number of aromatic nitrogens is 6. The first-order valence-electron chi connectivity index (χ1n) is 15.0. The first-order valence-corrected chi connectivity index (χ1v) is 15.0. The molecule has 10 nitrogen and oxygen atoms in total. The minimum Gasteiger partial charge on any atom is -0.383 e. The second-order valence-corrected chi connectivity index (χ2v) is 12.3. The summed E-state index contributed by atoms with van der Waals surface area (Å²) in [5.74, 6) is 3.01. The Morgan fingerprint density at radius 1 is 1.14 bits per heavy atom. The lowest BCUT2D eigenvalue weighted by atomic mass is 9.41. The van der Waals surface area contributed by atoms with Gasteiger partial charge in [-0.1, -0.05) is 12.6 Å². The van der Waals surface area contributed by atoms with Gasteiger partial charge >= 0.3 is 0 Å². The number of anilines is 1. The van der Waals surface area contributed by atoms with E-state index in [1.807, 2.05) is 36.5 Å². The van der Waals surface area contributed by atoms with Gasteiger partial charge in [-0.3, -0.25) is 9.36 Å². The standard InChI is InChI=1S/C33H31N9O/c1-2-29(43)40-18-20-16-24-27(40)17-33(20,24)39-25-9-6-19-15-21(7-8-22(19)25)42-31(23-5-3-12-35-30(23)34)37-26-10-11-28(38-32(26)42)41-14-4-13-36-41/h2-5,7-8,10-15,20,24-25,27,39H,1,6,9,16-18H2,(H2,34,35)/t20-,24-,25-,27+,33?/m0/s1. The van der Waals surface area contributed by atoms with E-state index < -0.39 is 0 Å². The Balaban J connectivity index is 1.08. The van der Waals surface area contributed by atoms with Gasteiger partial charge in [0.05, 0.1) is 5.56 Å². The number of carbonyl (C=O) groups is 1. The number of imidazole rings is 1. The van der Waals surface area contributed by atoms with E-state index >= 15 is 0 Å². The van der Waals surface area contributed by atoms with Crippen molar-refractivity contribution in [1.29, 1.82) is 0 Å². The van der Waals surface area contributed by atoms with E-state index in [4.69, 9.17) is 15.7 Å². The molecular weight excluding hydrogens is 538 g/mol. The second-order valence-electron chi connectivity index (χ2n) is 12.3. The molecule has 3 aliphatic heterocycles. The molecule has 10 heteroatoms. The number of nitrogens with one attached hydrogen (secondary N) is 1. The van der Waals surface area contributed by atoms with Crippen LogP contribution in [0.1, 0.15) is 36.4 Å². The lowest BCUT2D eigenvalue weighted by Gasteiger charge is -2.75. The van der Waals surface area contributed by atoms with Gasteiger partial charge in [0, 0.05) is 48.4 Å². The number of hydrogen-bond acceptors (Lipinski definition) is 7. The van der Waals surface area contributed by atoms with Crippen molar-refractivity contribution >= 4 is 22.9 Å². The molecule has 214 valence electrons. The number of nitrogen functional groups attached to an aromatic ring is 1. The summed E-state index contributed by atoms with van der Waals surface area (Å²) in [6.07, 6.45) is 11.1. The number of rotatable bonds is 6. The first kappa shape index (κ1) is 24.7. The van der Waals surface area contributed by atoms with Crippen LogP contribution in [0.25, 0.3) is 34.1 Å². The van der Waals surface area contributed by atoms with Gasteiger partial charge in [0.25, 0.3) is 0 Å². The summed E-state index contributed by atoms with van der Waals surface area (Å²) in [5, 5.41) is 8.49. The van der Waals surface area contributed by atoms with Crippen LogP contribution in [0.5, 0.6) is 0 Å². The maximum atomic E-state index is 12.4. The molecule has 3 aliphatic carbocycles. The lowest BCUT2D eigenvalue weighted by molar-refractivity contribution is -0.217. The minimum absolute atomic E-state index is 0.0809. The van der Waals surface area contributed by atoms with Crippen LogP contribution in [0.3, 0.4) is 0 Å². The number of piperidine rings is 3. The molecule has 4 bridgehead atoms. The molecule has 5 fully saturated rings. The van der Waals surface area contributed by atoms with E-state index in [2.05, 4.69) is 49.6 Å². The number of amides is 1. The van der Waals surface area contributed by atoms with Crippen molar-refractivity contribution < 1.29 is 4.79 Å². The van der Waals surface area contributed by atoms with Gasteiger partial charge in [0.15, 0.2) is 17.3 Å². The number of hydrogen-bond donors (Lipinski definition) is 2. The summed E-state index contributed by atoms with van der Waals surface area (Å²) in [6, 6.07) is 17.0. The Labute approximate surface area is 248 Å². The molecule has 4 aromatic heterocycles. The zero-order valence-corrected chi connectivity index (χ0v) is 23.6. The third-order valence-corrected chi connectivity index (χ3v) is 10.4. The quantitative estimate of drug-likeness (QED) is 0.297. The molecule has 5 atom stereocenters. The van der Waals surface area contributed by atoms with Crippen molar-refractivity contribution in [3.63, 3.8) is 0 Å². The van der Waals surface area contributed by atoms with Crippen LogP contribution < -0.4 is 11.1 Å². The smallest absolute Gasteiger partial charge is 0.246 e. The number of fused-ring (bicyclic) bond motifs is 2. The van der Waals surface area contributed by atoms with Gasteiger partial charge < -0.3 is 16.0 Å². The fourth-order valence-electron chi connectivity index (χ4n) is 8.34. The van der Waals surface area contributed by atoms with Crippen molar-refractivity contribution in [3.8, 4) is 22.9 Å². The predicted molar refractivity (Wildman–Crippen MR) is 162 cm³/mol. The predicted octanol–water partition coefficient (Wildman–Crippen LogP) is 4.00. The molecule has 43 heavy (non-hydrogen) atoms. The summed E-state index contributed by atoms with van der Waals surface area (Å²) < 4.78 is 3.84. The molecule has 3 N–H and O–H groups in total. The van der Waals surface area contributed by atoms with E-state index in [0.717, 1.165) is 48.2 Å². The number of nitrogens with two attached hydrogens (primary N) is 1. The second kappa shape index (κ2) is 8.84. The molecule has 7 heterocycles. The Hall–Kier alpha value is -4.83. The largest absolute Gasteiger partial charge is 0.383 e. The van der Waals surface area contributed by atoms with Crippen LogP contribution in [0, 0.1) is 11.8 Å². The highest BCUT2D eigenvalue weighted by atomic mass is 16.2. The fraction of sp³-hybridized carbons (Fsp3) is 0.303. The number of carbonyl (C=O) groups excluding carboxylic acids is 1.